The molecule has 0 spiro atoms. The predicted octanol–water partition coefficient (Wildman–Crippen LogP) is 3.24. The van der Waals surface area contributed by atoms with E-state index in [0.29, 0.717) is 28.6 Å². The number of rotatable bonds is 6. The van der Waals surface area contributed by atoms with Crippen molar-refractivity contribution in [2.75, 3.05) is 28.4 Å². The molecule has 1 heterocycles. The van der Waals surface area contributed by atoms with Gasteiger partial charge >= 0.3 is 0 Å². The molecule has 0 unspecified atom stereocenters. The van der Waals surface area contributed by atoms with E-state index in [4.69, 9.17) is 14.2 Å². The Kier molecular flexibility index (Phi) is 5.63. The normalized spacial score (nSPS) is 10.6. The second-order valence-corrected chi connectivity index (χ2v) is 6.32. The first kappa shape index (κ1) is 19.4. The fourth-order valence-corrected chi connectivity index (χ4v) is 3.07. The molecule has 0 aliphatic carbocycles. The molecular formula is C21H23N3O4. The summed E-state index contributed by atoms with van der Waals surface area (Å²) in [7, 11) is 6.26. The average molecular weight is 381 g/mol. The highest BCUT2D eigenvalue weighted by molar-refractivity contribution is 5.95. The number of carbonyl (C=O) groups is 1. The zero-order valence-electron chi connectivity index (χ0n) is 16.6. The van der Waals surface area contributed by atoms with Crippen LogP contribution in [0, 0.1) is 6.92 Å². The van der Waals surface area contributed by atoms with Crippen molar-refractivity contribution in [3.8, 4) is 17.2 Å². The lowest BCUT2D eigenvalue weighted by molar-refractivity contribution is 0.0780. The highest BCUT2D eigenvalue weighted by atomic mass is 16.5. The van der Waals surface area contributed by atoms with Crippen LogP contribution in [0.1, 0.15) is 21.9 Å². The SMILES string of the molecule is COc1cc(C(=O)N(C)Cc2nc(C)c3ccccc3n2)cc(OC)c1OC. The van der Waals surface area contributed by atoms with Gasteiger partial charge in [0.25, 0.3) is 5.91 Å². The predicted molar refractivity (Wildman–Crippen MR) is 106 cm³/mol. The van der Waals surface area contributed by atoms with Crippen molar-refractivity contribution in [3.63, 3.8) is 0 Å². The van der Waals surface area contributed by atoms with Crippen LogP contribution in [0.15, 0.2) is 36.4 Å². The lowest BCUT2D eigenvalue weighted by atomic mass is 10.1. The second-order valence-electron chi connectivity index (χ2n) is 6.32. The zero-order chi connectivity index (χ0) is 20.3. The van der Waals surface area contributed by atoms with Crippen molar-refractivity contribution in [1.82, 2.24) is 14.9 Å². The largest absolute Gasteiger partial charge is 0.493 e. The van der Waals surface area contributed by atoms with E-state index < -0.39 is 0 Å². The minimum Gasteiger partial charge on any atom is -0.493 e. The molecule has 3 aromatic rings. The number of para-hydroxylation sites is 1. The number of hydrogen-bond donors (Lipinski definition) is 0. The van der Waals surface area contributed by atoms with Crippen LogP contribution < -0.4 is 14.2 Å². The fraction of sp³-hybridized carbons (Fsp3) is 0.286. The summed E-state index contributed by atoms with van der Waals surface area (Å²) in [5, 5.41) is 1.00. The maximum Gasteiger partial charge on any atom is 0.254 e. The number of fused-ring (bicyclic) bond motifs is 1. The van der Waals surface area contributed by atoms with Crippen LogP contribution in [0.25, 0.3) is 10.9 Å². The molecule has 1 aromatic heterocycles. The molecule has 0 saturated carbocycles. The molecule has 146 valence electrons. The highest BCUT2D eigenvalue weighted by Crippen LogP contribution is 2.38. The maximum absolute atomic E-state index is 13.0. The Hall–Kier alpha value is -3.35. The lowest BCUT2D eigenvalue weighted by Crippen LogP contribution is -2.27. The van der Waals surface area contributed by atoms with Crippen molar-refractivity contribution >= 4 is 16.8 Å². The molecule has 0 atom stereocenters. The maximum atomic E-state index is 13.0. The summed E-state index contributed by atoms with van der Waals surface area (Å²) in [6, 6.07) is 11.1. The van der Waals surface area contributed by atoms with Gasteiger partial charge in [0.2, 0.25) is 5.75 Å². The van der Waals surface area contributed by atoms with E-state index in [9.17, 15) is 4.79 Å². The van der Waals surface area contributed by atoms with E-state index >= 15 is 0 Å². The zero-order valence-corrected chi connectivity index (χ0v) is 16.6. The molecule has 0 bridgehead atoms. The van der Waals surface area contributed by atoms with Crippen LogP contribution in [0.3, 0.4) is 0 Å². The van der Waals surface area contributed by atoms with Gasteiger partial charge in [-0.1, -0.05) is 18.2 Å². The van der Waals surface area contributed by atoms with Crippen LogP contribution in [-0.4, -0.2) is 49.2 Å². The topological polar surface area (TPSA) is 73.8 Å². The molecule has 0 aliphatic heterocycles. The molecule has 2 aromatic carbocycles. The molecule has 7 heteroatoms. The third-order valence-corrected chi connectivity index (χ3v) is 4.48. The number of aromatic nitrogens is 2. The van der Waals surface area contributed by atoms with Crippen molar-refractivity contribution in [1.29, 1.82) is 0 Å². The summed E-state index contributed by atoms with van der Waals surface area (Å²) >= 11 is 0. The van der Waals surface area contributed by atoms with E-state index in [0.717, 1.165) is 16.6 Å². The van der Waals surface area contributed by atoms with E-state index in [2.05, 4.69) is 9.97 Å². The number of hydrogen-bond acceptors (Lipinski definition) is 6. The van der Waals surface area contributed by atoms with Crippen molar-refractivity contribution in [2.45, 2.75) is 13.5 Å². The van der Waals surface area contributed by atoms with Crippen LogP contribution >= 0.6 is 0 Å². The molecule has 28 heavy (non-hydrogen) atoms. The van der Waals surface area contributed by atoms with Gasteiger partial charge in [-0.2, -0.15) is 0 Å². The van der Waals surface area contributed by atoms with Crippen molar-refractivity contribution in [3.05, 3.63) is 53.5 Å². The van der Waals surface area contributed by atoms with Crippen LogP contribution in [0.2, 0.25) is 0 Å². The average Bonchev–Trinajstić information content (AvgIpc) is 2.71. The molecule has 0 fully saturated rings. The molecule has 1 amide bonds. The molecule has 0 radical (unpaired) electrons. The highest BCUT2D eigenvalue weighted by Gasteiger charge is 2.20. The first-order valence-electron chi connectivity index (χ1n) is 8.76. The number of benzene rings is 2. The summed E-state index contributed by atoms with van der Waals surface area (Å²) in [5.74, 6) is 1.68. The standard InChI is InChI=1S/C21H23N3O4/c1-13-15-8-6-7-9-16(15)23-19(22-13)12-24(2)21(25)14-10-17(26-3)20(28-5)18(11-14)27-4/h6-11H,12H2,1-5H3. The Bertz CT molecular complexity index is 995. The monoisotopic (exact) mass is 381 g/mol. The van der Waals surface area contributed by atoms with E-state index in [-0.39, 0.29) is 12.5 Å². The van der Waals surface area contributed by atoms with Gasteiger partial charge < -0.3 is 19.1 Å². The number of ether oxygens (including phenoxy) is 3. The Morgan fingerprint density at radius 1 is 1.00 bits per heavy atom. The molecule has 0 aliphatic rings. The van der Waals surface area contributed by atoms with Gasteiger partial charge in [0.1, 0.15) is 5.82 Å². The van der Waals surface area contributed by atoms with Crippen molar-refractivity contribution in [2.24, 2.45) is 0 Å². The van der Waals surface area contributed by atoms with Gasteiger partial charge in [-0.3, -0.25) is 4.79 Å². The minimum atomic E-state index is -0.200. The van der Waals surface area contributed by atoms with Gasteiger partial charge in [0.15, 0.2) is 11.5 Å². The third kappa shape index (κ3) is 3.69. The number of nitrogens with zero attached hydrogens (tertiary/aromatic N) is 3. The Balaban J connectivity index is 1.89. The fourth-order valence-electron chi connectivity index (χ4n) is 3.07. The second kappa shape index (κ2) is 8.12. The molecule has 0 saturated heterocycles. The first-order valence-corrected chi connectivity index (χ1v) is 8.76. The summed E-state index contributed by atoms with van der Waals surface area (Å²) in [4.78, 5) is 23.6. The molecule has 3 rings (SSSR count). The molecule has 0 N–H and O–H groups in total. The van der Waals surface area contributed by atoms with E-state index in [1.165, 1.54) is 21.3 Å². The van der Waals surface area contributed by atoms with Gasteiger partial charge in [-0.25, -0.2) is 9.97 Å². The number of methoxy groups -OCH3 is 3. The summed E-state index contributed by atoms with van der Waals surface area (Å²) in [5.41, 5.74) is 2.17. The van der Waals surface area contributed by atoms with Gasteiger partial charge in [0, 0.05) is 23.7 Å². The Morgan fingerprint density at radius 2 is 1.64 bits per heavy atom. The number of amides is 1. The summed E-state index contributed by atoms with van der Waals surface area (Å²) < 4.78 is 16.0. The quantitative estimate of drug-likeness (QED) is 0.653. The van der Waals surface area contributed by atoms with E-state index in [1.54, 1.807) is 24.1 Å². The Labute approximate surface area is 163 Å². The lowest BCUT2D eigenvalue weighted by Gasteiger charge is -2.19. The molecular weight excluding hydrogens is 358 g/mol. The van der Waals surface area contributed by atoms with Gasteiger partial charge in [-0.05, 0) is 25.1 Å². The van der Waals surface area contributed by atoms with Gasteiger partial charge in [0.05, 0.1) is 33.4 Å². The van der Waals surface area contributed by atoms with Crippen LogP contribution in [0.4, 0.5) is 0 Å². The smallest absolute Gasteiger partial charge is 0.254 e. The minimum absolute atomic E-state index is 0.200. The number of aryl methyl sites for hydroxylation is 1. The molecule has 7 nitrogen and oxygen atoms in total. The van der Waals surface area contributed by atoms with Gasteiger partial charge in [-0.15, -0.1) is 0 Å². The summed E-state index contributed by atoms with van der Waals surface area (Å²) in [6.07, 6.45) is 0. The van der Waals surface area contributed by atoms with Crippen molar-refractivity contribution < 1.29 is 19.0 Å². The van der Waals surface area contributed by atoms with Crippen LogP contribution in [0.5, 0.6) is 17.2 Å². The number of carbonyl (C=O) groups excluding carboxylic acids is 1. The third-order valence-electron chi connectivity index (χ3n) is 4.48. The van der Waals surface area contributed by atoms with E-state index in [1.807, 2.05) is 31.2 Å². The summed E-state index contributed by atoms with van der Waals surface area (Å²) in [6.45, 7) is 2.22. The Morgan fingerprint density at radius 3 is 2.25 bits per heavy atom. The van der Waals surface area contributed by atoms with Crippen LogP contribution in [-0.2, 0) is 6.54 Å². The first-order chi connectivity index (χ1) is 13.5.